The van der Waals surface area contributed by atoms with E-state index in [0.29, 0.717) is 18.8 Å². The van der Waals surface area contributed by atoms with Crippen molar-refractivity contribution in [1.82, 2.24) is 19.5 Å². The molecule has 2 atom stereocenters. The van der Waals surface area contributed by atoms with Gasteiger partial charge in [0.2, 0.25) is 10.0 Å². The Bertz CT molecular complexity index is 644. The summed E-state index contributed by atoms with van der Waals surface area (Å²) in [6, 6.07) is 1.42. The molecule has 2 heterocycles. The van der Waals surface area contributed by atoms with Crippen LogP contribution in [-0.4, -0.2) is 55.4 Å². The summed E-state index contributed by atoms with van der Waals surface area (Å²) < 4.78 is 28.6. The zero-order chi connectivity index (χ0) is 15.8. The predicted octanol–water partition coefficient (Wildman–Crippen LogP) is 0.177. The number of sulfonamides is 1. The Morgan fingerprint density at radius 1 is 1.41 bits per heavy atom. The highest BCUT2D eigenvalue weighted by Gasteiger charge is 2.34. The molecule has 2 unspecified atom stereocenters. The average molecular weight is 351 g/mol. The maximum Gasteiger partial charge on any atom is 0.267 e. The lowest BCUT2D eigenvalue weighted by molar-refractivity contribution is 0.0955. The molecule has 0 spiro atoms. The number of piperazine rings is 1. The summed E-state index contributed by atoms with van der Waals surface area (Å²) in [5, 5.41) is 5.76. The van der Waals surface area contributed by atoms with Crippen molar-refractivity contribution in [3.8, 4) is 0 Å². The number of amides is 1. The maximum absolute atomic E-state index is 12.8. The quantitative estimate of drug-likeness (QED) is 0.814. The Morgan fingerprint density at radius 3 is 2.64 bits per heavy atom. The van der Waals surface area contributed by atoms with E-state index in [1.54, 1.807) is 7.05 Å². The maximum atomic E-state index is 12.8. The smallest absolute Gasteiger partial charge is 0.267 e. The summed E-state index contributed by atoms with van der Waals surface area (Å²) in [6.07, 6.45) is 1.49. The Labute approximate surface area is 137 Å². The van der Waals surface area contributed by atoms with Crippen molar-refractivity contribution in [2.75, 3.05) is 20.1 Å². The lowest BCUT2D eigenvalue weighted by Gasteiger charge is -2.36. The second-order valence-electron chi connectivity index (χ2n) is 5.48. The highest BCUT2D eigenvalue weighted by Crippen LogP contribution is 2.22. The molecule has 0 radical (unpaired) electrons. The normalized spacial score (nSPS) is 22.9. The van der Waals surface area contributed by atoms with Crippen LogP contribution in [0.2, 0.25) is 0 Å². The molecule has 1 saturated heterocycles. The second-order valence-corrected chi connectivity index (χ2v) is 7.37. The van der Waals surface area contributed by atoms with E-state index in [9.17, 15) is 13.2 Å². The minimum absolute atomic E-state index is 0. The Kier molecular flexibility index (Phi) is 6.03. The number of rotatable bonds is 3. The monoisotopic (exact) mass is 350 g/mol. The van der Waals surface area contributed by atoms with Gasteiger partial charge in [-0.2, -0.15) is 4.31 Å². The fourth-order valence-corrected chi connectivity index (χ4v) is 4.28. The zero-order valence-corrected chi connectivity index (χ0v) is 14.8. The number of aromatic nitrogens is 1. The third-order valence-electron chi connectivity index (χ3n) is 3.75. The fourth-order valence-electron chi connectivity index (χ4n) is 2.49. The van der Waals surface area contributed by atoms with Crippen molar-refractivity contribution in [3.63, 3.8) is 0 Å². The number of hydrogen-bond donors (Lipinski definition) is 2. The number of hydrogen-bond acceptors (Lipinski definition) is 4. The molecule has 0 saturated carbocycles. The Morgan fingerprint density at radius 2 is 2.05 bits per heavy atom. The highest BCUT2D eigenvalue weighted by molar-refractivity contribution is 7.89. The van der Waals surface area contributed by atoms with E-state index in [0.717, 1.165) is 0 Å². The standard InChI is InChI=1S/C13H22N4O3S.ClH/c1-9-7-17(10(2)6-15-9)21(19,20)11-5-12(13(18)14-3)16(4)8-11;/h5,8-10,15H,6-7H2,1-4H3,(H,14,18);1H. The van der Waals surface area contributed by atoms with E-state index in [1.807, 2.05) is 13.8 Å². The van der Waals surface area contributed by atoms with E-state index in [1.165, 1.54) is 28.2 Å². The number of nitrogens with one attached hydrogen (secondary N) is 2. The van der Waals surface area contributed by atoms with Gasteiger partial charge in [0.25, 0.3) is 5.91 Å². The molecule has 2 rings (SSSR count). The molecule has 0 bridgehead atoms. The van der Waals surface area contributed by atoms with E-state index in [4.69, 9.17) is 0 Å². The predicted molar refractivity (Wildman–Crippen MR) is 86.9 cm³/mol. The molecular weight excluding hydrogens is 328 g/mol. The highest BCUT2D eigenvalue weighted by atomic mass is 35.5. The molecule has 1 aliphatic rings. The minimum Gasteiger partial charge on any atom is -0.354 e. The molecule has 126 valence electrons. The SMILES string of the molecule is CNC(=O)c1cc(S(=O)(=O)N2CC(C)NCC2C)cn1C.Cl. The topological polar surface area (TPSA) is 83.4 Å². The molecular formula is C13H23ClN4O3S. The molecule has 7 nitrogen and oxygen atoms in total. The van der Waals surface area contributed by atoms with Crippen LogP contribution in [0.4, 0.5) is 0 Å². The van der Waals surface area contributed by atoms with Crippen molar-refractivity contribution in [2.24, 2.45) is 7.05 Å². The lowest BCUT2D eigenvalue weighted by Crippen LogP contribution is -2.56. The van der Waals surface area contributed by atoms with Gasteiger partial charge in [-0.15, -0.1) is 12.4 Å². The first-order chi connectivity index (χ1) is 9.77. The third kappa shape index (κ3) is 3.45. The van der Waals surface area contributed by atoms with Crippen LogP contribution in [0.15, 0.2) is 17.2 Å². The Balaban J connectivity index is 0.00000242. The molecule has 0 aliphatic carbocycles. The molecule has 2 N–H and O–H groups in total. The molecule has 1 fully saturated rings. The van der Waals surface area contributed by atoms with E-state index < -0.39 is 10.0 Å². The van der Waals surface area contributed by atoms with Crippen molar-refractivity contribution >= 4 is 28.3 Å². The van der Waals surface area contributed by atoms with Crippen LogP contribution in [0, 0.1) is 0 Å². The molecule has 1 aliphatic heterocycles. The number of carbonyl (C=O) groups is 1. The first-order valence-electron chi connectivity index (χ1n) is 6.91. The summed E-state index contributed by atoms with van der Waals surface area (Å²) in [4.78, 5) is 11.9. The van der Waals surface area contributed by atoms with Crippen LogP contribution in [0.1, 0.15) is 24.3 Å². The van der Waals surface area contributed by atoms with Gasteiger partial charge in [0.05, 0.1) is 0 Å². The summed E-state index contributed by atoms with van der Waals surface area (Å²) in [5.41, 5.74) is 0.326. The number of halogens is 1. The summed E-state index contributed by atoms with van der Waals surface area (Å²) in [6.45, 7) is 4.87. The van der Waals surface area contributed by atoms with Gasteiger partial charge in [0, 0.05) is 45.5 Å². The summed E-state index contributed by atoms with van der Waals surface area (Å²) >= 11 is 0. The van der Waals surface area contributed by atoms with Crippen molar-refractivity contribution in [2.45, 2.75) is 30.8 Å². The number of nitrogens with zero attached hydrogens (tertiary/aromatic N) is 2. The molecule has 1 aromatic rings. The third-order valence-corrected chi connectivity index (χ3v) is 5.70. The number of carbonyl (C=O) groups excluding carboxylic acids is 1. The van der Waals surface area contributed by atoms with Crippen LogP contribution in [0.5, 0.6) is 0 Å². The molecule has 1 aromatic heterocycles. The van der Waals surface area contributed by atoms with Crippen molar-refractivity contribution < 1.29 is 13.2 Å². The van der Waals surface area contributed by atoms with Crippen LogP contribution in [-0.2, 0) is 17.1 Å². The van der Waals surface area contributed by atoms with Crippen LogP contribution in [0.25, 0.3) is 0 Å². The van der Waals surface area contributed by atoms with Gasteiger partial charge in [-0.3, -0.25) is 4.79 Å². The average Bonchev–Trinajstić information content (AvgIpc) is 2.83. The van der Waals surface area contributed by atoms with Gasteiger partial charge in [-0.05, 0) is 19.9 Å². The van der Waals surface area contributed by atoms with Gasteiger partial charge < -0.3 is 15.2 Å². The minimum atomic E-state index is -3.60. The van der Waals surface area contributed by atoms with Crippen molar-refractivity contribution in [1.29, 1.82) is 0 Å². The number of aryl methyl sites for hydroxylation is 1. The Hall–Kier alpha value is -1.09. The van der Waals surface area contributed by atoms with Crippen LogP contribution in [0.3, 0.4) is 0 Å². The summed E-state index contributed by atoms with van der Waals surface area (Å²) in [7, 11) is -0.417. The van der Waals surface area contributed by atoms with E-state index in [2.05, 4.69) is 10.6 Å². The molecule has 22 heavy (non-hydrogen) atoms. The van der Waals surface area contributed by atoms with Gasteiger partial charge >= 0.3 is 0 Å². The zero-order valence-electron chi connectivity index (χ0n) is 13.2. The van der Waals surface area contributed by atoms with E-state index >= 15 is 0 Å². The first-order valence-corrected chi connectivity index (χ1v) is 8.35. The summed E-state index contributed by atoms with van der Waals surface area (Å²) in [5.74, 6) is -0.305. The van der Waals surface area contributed by atoms with Gasteiger partial charge in [-0.1, -0.05) is 0 Å². The van der Waals surface area contributed by atoms with Crippen molar-refractivity contribution in [3.05, 3.63) is 18.0 Å². The molecule has 1 amide bonds. The van der Waals surface area contributed by atoms with Gasteiger partial charge in [0.15, 0.2) is 0 Å². The van der Waals surface area contributed by atoms with Gasteiger partial charge in [-0.25, -0.2) is 8.42 Å². The fraction of sp³-hybridized carbons (Fsp3) is 0.615. The van der Waals surface area contributed by atoms with Gasteiger partial charge in [0.1, 0.15) is 10.6 Å². The van der Waals surface area contributed by atoms with Crippen LogP contribution < -0.4 is 10.6 Å². The molecule has 9 heteroatoms. The van der Waals surface area contributed by atoms with E-state index in [-0.39, 0.29) is 35.3 Å². The first kappa shape index (κ1) is 19.0. The lowest BCUT2D eigenvalue weighted by atomic mass is 10.2. The molecule has 0 aromatic carbocycles. The second kappa shape index (κ2) is 6.99. The van der Waals surface area contributed by atoms with Crippen LogP contribution >= 0.6 is 12.4 Å². The largest absolute Gasteiger partial charge is 0.354 e.